The number of carbonyl (C=O) groups is 1. The third kappa shape index (κ3) is 4.00. The van der Waals surface area contributed by atoms with Gasteiger partial charge in [-0.05, 0) is 18.4 Å². The van der Waals surface area contributed by atoms with Gasteiger partial charge in [0.05, 0.1) is 18.8 Å². The Bertz CT molecular complexity index is 781. The molecule has 1 atom stereocenters. The Balaban J connectivity index is 1.32. The van der Waals surface area contributed by atoms with Crippen molar-refractivity contribution in [2.45, 2.75) is 44.8 Å². The van der Waals surface area contributed by atoms with E-state index >= 15 is 0 Å². The smallest absolute Gasteiger partial charge is 0.410 e. The molecule has 2 aliphatic heterocycles. The van der Waals surface area contributed by atoms with Gasteiger partial charge in [-0.2, -0.15) is 0 Å². The lowest BCUT2D eigenvalue weighted by Crippen LogP contribution is -2.46. The first kappa shape index (κ1) is 18.0. The van der Waals surface area contributed by atoms with Crippen LogP contribution in [-0.4, -0.2) is 52.8 Å². The zero-order chi connectivity index (χ0) is 18.9. The minimum absolute atomic E-state index is 0.169. The second-order valence-corrected chi connectivity index (χ2v) is 7.95. The summed E-state index contributed by atoms with van der Waals surface area (Å²) in [5, 5.41) is 3.95. The van der Waals surface area contributed by atoms with E-state index in [1.165, 1.54) is 5.56 Å². The zero-order valence-electron chi connectivity index (χ0n) is 16.1. The largest absolute Gasteiger partial charge is 0.441 e. The summed E-state index contributed by atoms with van der Waals surface area (Å²) in [7, 11) is 0. The van der Waals surface area contributed by atoms with E-state index in [0.29, 0.717) is 19.0 Å². The van der Waals surface area contributed by atoms with Crippen LogP contribution in [0.3, 0.4) is 0 Å². The molecule has 0 bridgehead atoms. The minimum Gasteiger partial charge on any atom is -0.441 e. The summed E-state index contributed by atoms with van der Waals surface area (Å²) in [6.07, 6.45) is 1.56. The molecule has 27 heavy (non-hydrogen) atoms. The lowest BCUT2D eigenvalue weighted by molar-refractivity contribution is -0.00296. The van der Waals surface area contributed by atoms with Crippen LogP contribution in [0.2, 0.25) is 0 Å². The molecule has 2 saturated heterocycles. The van der Waals surface area contributed by atoms with Crippen LogP contribution in [0, 0.1) is 6.92 Å². The maximum atomic E-state index is 12.5. The molecule has 4 rings (SSSR count). The van der Waals surface area contributed by atoms with Crippen LogP contribution < -0.4 is 0 Å². The zero-order valence-corrected chi connectivity index (χ0v) is 16.1. The Labute approximate surface area is 160 Å². The van der Waals surface area contributed by atoms with Gasteiger partial charge < -0.3 is 14.2 Å². The molecule has 1 aromatic heterocycles. The molecule has 2 aromatic rings. The Morgan fingerprint density at radius 2 is 1.96 bits per heavy atom. The first-order valence-electron chi connectivity index (χ1n) is 9.70. The van der Waals surface area contributed by atoms with Crippen LogP contribution >= 0.6 is 0 Å². The summed E-state index contributed by atoms with van der Waals surface area (Å²) >= 11 is 0. The average Bonchev–Trinajstić information content (AvgIpc) is 3.21. The van der Waals surface area contributed by atoms with E-state index in [2.05, 4.69) is 29.1 Å². The number of carbonyl (C=O) groups excluding carboxylic acids is 1. The lowest BCUT2D eigenvalue weighted by Gasteiger charge is -2.37. The van der Waals surface area contributed by atoms with Crippen LogP contribution in [-0.2, 0) is 11.3 Å². The van der Waals surface area contributed by atoms with Gasteiger partial charge in [0.2, 0.25) is 0 Å². The molecule has 6 nitrogen and oxygen atoms in total. The van der Waals surface area contributed by atoms with Crippen LogP contribution in [0.1, 0.15) is 42.7 Å². The van der Waals surface area contributed by atoms with Crippen molar-refractivity contribution >= 4 is 6.09 Å². The van der Waals surface area contributed by atoms with E-state index < -0.39 is 0 Å². The summed E-state index contributed by atoms with van der Waals surface area (Å²) in [5.41, 5.74) is 1.83. The van der Waals surface area contributed by atoms with Crippen LogP contribution in [0.4, 0.5) is 4.79 Å². The maximum absolute atomic E-state index is 12.5. The van der Waals surface area contributed by atoms with Crippen molar-refractivity contribution in [3.8, 4) is 0 Å². The third-order valence-corrected chi connectivity index (χ3v) is 5.73. The predicted octanol–water partition coefficient (Wildman–Crippen LogP) is 3.57. The van der Waals surface area contributed by atoms with Crippen molar-refractivity contribution in [2.24, 2.45) is 0 Å². The van der Waals surface area contributed by atoms with Crippen molar-refractivity contribution < 1.29 is 14.1 Å². The van der Waals surface area contributed by atoms with Gasteiger partial charge in [-0.15, -0.1) is 0 Å². The second kappa shape index (κ2) is 7.35. The van der Waals surface area contributed by atoms with E-state index in [4.69, 9.17) is 9.26 Å². The molecule has 0 radical (unpaired) electrons. The predicted molar refractivity (Wildman–Crippen MR) is 101 cm³/mol. The molecule has 6 heteroatoms. The number of aromatic nitrogens is 1. The number of nitrogens with zero attached hydrogens (tertiary/aromatic N) is 3. The number of benzene rings is 1. The van der Waals surface area contributed by atoms with Gasteiger partial charge >= 0.3 is 6.09 Å². The molecular formula is C21H27N3O3. The number of aryl methyl sites for hydroxylation is 1. The fourth-order valence-corrected chi connectivity index (χ4v) is 4.14. The van der Waals surface area contributed by atoms with Crippen LogP contribution in [0.5, 0.6) is 0 Å². The van der Waals surface area contributed by atoms with Gasteiger partial charge in [0, 0.05) is 38.5 Å². The highest BCUT2D eigenvalue weighted by molar-refractivity contribution is 5.70. The standard InChI is InChI=1S/C21H27N3O3/c1-16(18-6-4-3-5-7-18)13-24-15-21(26-20(24)25)8-10-23(11-9-21)14-19-12-17(2)22-27-19/h3-7,12,16H,8-11,13-15H2,1-2H3. The Morgan fingerprint density at radius 3 is 2.63 bits per heavy atom. The van der Waals surface area contributed by atoms with E-state index in [-0.39, 0.29) is 11.7 Å². The first-order chi connectivity index (χ1) is 13.0. The van der Waals surface area contributed by atoms with Gasteiger partial charge in [0.25, 0.3) is 0 Å². The highest BCUT2D eigenvalue weighted by Crippen LogP contribution is 2.34. The van der Waals surface area contributed by atoms with Crippen molar-refractivity contribution in [3.05, 3.63) is 53.4 Å². The first-order valence-corrected chi connectivity index (χ1v) is 9.70. The molecule has 2 aliphatic rings. The number of likely N-dealkylation sites (tertiary alicyclic amines) is 1. The lowest BCUT2D eigenvalue weighted by atomic mass is 9.91. The number of ether oxygens (including phenoxy) is 1. The molecule has 1 unspecified atom stereocenters. The van der Waals surface area contributed by atoms with E-state index in [0.717, 1.165) is 43.9 Å². The Morgan fingerprint density at radius 1 is 1.22 bits per heavy atom. The molecule has 1 spiro atoms. The number of amides is 1. The van der Waals surface area contributed by atoms with E-state index in [1.807, 2.05) is 36.1 Å². The monoisotopic (exact) mass is 369 g/mol. The van der Waals surface area contributed by atoms with E-state index in [9.17, 15) is 4.79 Å². The summed E-state index contributed by atoms with van der Waals surface area (Å²) in [4.78, 5) is 16.7. The Hall–Kier alpha value is -2.34. The fraction of sp³-hybridized carbons (Fsp3) is 0.524. The van der Waals surface area contributed by atoms with Gasteiger partial charge in [-0.25, -0.2) is 4.79 Å². The SMILES string of the molecule is Cc1cc(CN2CCC3(CC2)CN(CC(C)c2ccccc2)C(=O)O3)on1. The van der Waals surface area contributed by atoms with Gasteiger partial charge in [0.1, 0.15) is 5.60 Å². The summed E-state index contributed by atoms with van der Waals surface area (Å²) in [6, 6.07) is 12.3. The fourth-order valence-electron chi connectivity index (χ4n) is 4.14. The topological polar surface area (TPSA) is 58.8 Å². The summed E-state index contributed by atoms with van der Waals surface area (Å²) in [6.45, 7) is 8.05. The van der Waals surface area contributed by atoms with Crippen molar-refractivity contribution in [3.63, 3.8) is 0 Å². The molecule has 1 aromatic carbocycles. The molecule has 0 aliphatic carbocycles. The van der Waals surface area contributed by atoms with Crippen molar-refractivity contribution in [1.29, 1.82) is 0 Å². The summed E-state index contributed by atoms with van der Waals surface area (Å²) < 4.78 is 11.2. The summed E-state index contributed by atoms with van der Waals surface area (Å²) in [5.74, 6) is 1.19. The van der Waals surface area contributed by atoms with Gasteiger partial charge in [-0.1, -0.05) is 42.4 Å². The molecule has 1 amide bonds. The highest BCUT2D eigenvalue weighted by atomic mass is 16.6. The minimum atomic E-state index is -0.332. The number of hydrogen-bond acceptors (Lipinski definition) is 5. The van der Waals surface area contributed by atoms with Crippen molar-refractivity contribution in [2.75, 3.05) is 26.2 Å². The van der Waals surface area contributed by atoms with Crippen LogP contribution in [0.25, 0.3) is 0 Å². The molecular weight excluding hydrogens is 342 g/mol. The molecule has 0 saturated carbocycles. The quantitative estimate of drug-likeness (QED) is 0.806. The van der Waals surface area contributed by atoms with E-state index in [1.54, 1.807) is 0 Å². The van der Waals surface area contributed by atoms with Gasteiger partial charge in [-0.3, -0.25) is 4.90 Å². The second-order valence-electron chi connectivity index (χ2n) is 7.95. The molecule has 2 fully saturated rings. The van der Waals surface area contributed by atoms with Gasteiger partial charge in [0.15, 0.2) is 5.76 Å². The molecule has 144 valence electrons. The Kier molecular flexibility index (Phi) is 4.91. The van der Waals surface area contributed by atoms with Crippen LogP contribution in [0.15, 0.2) is 40.9 Å². The molecule has 3 heterocycles. The normalized spacial score (nSPS) is 20.8. The number of piperidine rings is 1. The third-order valence-electron chi connectivity index (χ3n) is 5.73. The van der Waals surface area contributed by atoms with Crippen molar-refractivity contribution in [1.82, 2.24) is 15.0 Å². The number of hydrogen-bond donors (Lipinski definition) is 0. The number of rotatable bonds is 5. The highest BCUT2D eigenvalue weighted by Gasteiger charge is 2.47. The maximum Gasteiger partial charge on any atom is 0.410 e. The molecule has 0 N–H and O–H groups in total. The average molecular weight is 369 g/mol.